The smallest absolute Gasteiger partial charge is 0.0897 e. The van der Waals surface area contributed by atoms with Crippen molar-refractivity contribution in [3.63, 3.8) is 0 Å². The van der Waals surface area contributed by atoms with Crippen molar-refractivity contribution in [2.75, 3.05) is 18.6 Å². The lowest BCUT2D eigenvalue weighted by Gasteiger charge is -2.14. The summed E-state index contributed by atoms with van der Waals surface area (Å²) in [6, 6.07) is 0.558. The molecule has 1 heterocycles. The molecule has 1 N–H and O–H groups in total. The second-order valence-electron chi connectivity index (χ2n) is 3.62. The summed E-state index contributed by atoms with van der Waals surface area (Å²) in [6.07, 6.45) is 2.31. The van der Waals surface area contributed by atoms with Gasteiger partial charge in [0.2, 0.25) is 0 Å². The van der Waals surface area contributed by atoms with Crippen LogP contribution in [-0.4, -0.2) is 29.6 Å². The molecule has 0 aliphatic carbocycles. The summed E-state index contributed by atoms with van der Waals surface area (Å²) in [5.41, 5.74) is 1.23. The Balaban J connectivity index is 2.33. The van der Waals surface area contributed by atoms with Crippen molar-refractivity contribution in [2.45, 2.75) is 32.7 Å². The highest BCUT2D eigenvalue weighted by Gasteiger charge is 2.09. The van der Waals surface area contributed by atoms with Gasteiger partial charge in [-0.15, -0.1) is 11.3 Å². The minimum Gasteiger partial charge on any atom is -0.316 e. The van der Waals surface area contributed by atoms with Crippen LogP contribution in [0.25, 0.3) is 0 Å². The molecule has 0 amide bonds. The zero-order valence-corrected chi connectivity index (χ0v) is 11.4. The summed E-state index contributed by atoms with van der Waals surface area (Å²) in [7, 11) is 2.04. The molecule has 1 atom stereocenters. The Morgan fingerprint density at radius 2 is 2.40 bits per heavy atom. The number of nitrogens with one attached hydrogen (secondary N) is 1. The van der Waals surface area contributed by atoms with E-state index < -0.39 is 0 Å². The second-order valence-corrected chi connectivity index (χ2v) is 5.83. The van der Waals surface area contributed by atoms with Gasteiger partial charge in [0, 0.05) is 23.6 Å². The van der Waals surface area contributed by atoms with E-state index in [9.17, 15) is 0 Å². The van der Waals surface area contributed by atoms with E-state index in [0.29, 0.717) is 6.04 Å². The van der Waals surface area contributed by atoms with E-state index in [2.05, 4.69) is 29.5 Å². The zero-order chi connectivity index (χ0) is 11.1. The summed E-state index contributed by atoms with van der Waals surface area (Å²) < 4.78 is 0. The number of thioether (sulfide) groups is 1. The summed E-state index contributed by atoms with van der Waals surface area (Å²) in [5, 5.41) is 6.70. The fraction of sp³-hybridized carbons (Fsp3) is 0.727. The highest BCUT2D eigenvalue weighted by atomic mass is 32.2. The standard InChI is InChI=1S/C11H20N2S2/c1-4-5-14-7-10(12-3)6-11-8-15-9(2)13-11/h8,10,12H,4-7H2,1-3H3. The van der Waals surface area contributed by atoms with Crippen molar-refractivity contribution < 1.29 is 0 Å². The fourth-order valence-electron chi connectivity index (χ4n) is 1.37. The Hall–Kier alpha value is -0.0600. The number of aryl methyl sites for hydroxylation is 1. The summed E-state index contributed by atoms with van der Waals surface area (Å²) in [5.74, 6) is 2.44. The molecule has 1 aromatic rings. The van der Waals surface area contributed by atoms with Gasteiger partial charge in [-0.2, -0.15) is 11.8 Å². The predicted molar refractivity (Wildman–Crippen MR) is 71.0 cm³/mol. The molecule has 0 spiro atoms. The monoisotopic (exact) mass is 244 g/mol. The number of likely N-dealkylation sites (N-methyl/N-ethyl adjacent to an activating group) is 1. The van der Waals surface area contributed by atoms with Crippen LogP contribution in [0.2, 0.25) is 0 Å². The van der Waals surface area contributed by atoms with Gasteiger partial charge in [0.15, 0.2) is 0 Å². The molecule has 0 bridgehead atoms. The lowest BCUT2D eigenvalue weighted by atomic mass is 10.2. The van der Waals surface area contributed by atoms with E-state index >= 15 is 0 Å². The van der Waals surface area contributed by atoms with E-state index in [1.54, 1.807) is 11.3 Å². The number of rotatable bonds is 7. The third kappa shape index (κ3) is 5.00. The lowest BCUT2D eigenvalue weighted by molar-refractivity contribution is 0.610. The maximum atomic E-state index is 4.50. The first kappa shape index (κ1) is 13.0. The van der Waals surface area contributed by atoms with E-state index in [0.717, 1.165) is 6.42 Å². The predicted octanol–water partition coefficient (Wildman–Crippen LogP) is 2.73. The topological polar surface area (TPSA) is 24.9 Å². The highest BCUT2D eigenvalue weighted by Crippen LogP contribution is 2.12. The van der Waals surface area contributed by atoms with Gasteiger partial charge < -0.3 is 5.32 Å². The molecular weight excluding hydrogens is 224 g/mol. The summed E-state index contributed by atoms with van der Waals surface area (Å²) in [6.45, 7) is 4.29. The van der Waals surface area contributed by atoms with Gasteiger partial charge in [-0.25, -0.2) is 4.98 Å². The lowest BCUT2D eigenvalue weighted by Crippen LogP contribution is -2.30. The minimum absolute atomic E-state index is 0.558. The van der Waals surface area contributed by atoms with Crippen LogP contribution in [0.1, 0.15) is 24.0 Å². The van der Waals surface area contributed by atoms with Gasteiger partial charge in [-0.1, -0.05) is 6.92 Å². The third-order valence-electron chi connectivity index (χ3n) is 2.20. The maximum absolute atomic E-state index is 4.50. The van der Waals surface area contributed by atoms with Gasteiger partial charge >= 0.3 is 0 Å². The number of nitrogens with zero attached hydrogens (tertiary/aromatic N) is 1. The number of hydrogen-bond donors (Lipinski definition) is 1. The van der Waals surface area contributed by atoms with Gasteiger partial charge in [0.25, 0.3) is 0 Å². The van der Waals surface area contributed by atoms with Crippen LogP contribution >= 0.6 is 23.1 Å². The van der Waals surface area contributed by atoms with Crippen LogP contribution in [0.3, 0.4) is 0 Å². The molecule has 0 aromatic carbocycles. The van der Waals surface area contributed by atoms with Crippen molar-refractivity contribution in [3.05, 3.63) is 16.1 Å². The van der Waals surface area contributed by atoms with Gasteiger partial charge in [-0.05, 0) is 26.1 Å². The second kappa shape index (κ2) is 7.25. The Morgan fingerprint density at radius 3 is 2.93 bits per heavy atom. The first-order valence-electron chi connectivity index (χ1n) is 5.42. The molecule has 1 rings (SSSR count). The molecule has 1 aromatic heterocycles. The van der Waals surface area contributed by atoms with Crippen molar-refractivity contribution >= 4 is 23.1 Å². The minimum atomic E-state index is 0.558. The average molecular weight is 244 g/mol. The first-order valence-corrected chi connectivity index (χ1v) is 7.45. The fourth-order valence-corrected chi connectivity index (χ4v) is 3.02. The number of aromatic nitrogens is 1. The van der Waals surface area contributed by atoms with Crippen LogP contribution in [-0.2, 0) is 6.42 Å². The van der Waals surface area contributed by atoms with E-state index in [1.165, 1.54) is 28.6 Å². The summed E-state index contributed by atoms with van der Waals surface area (Å²) >= 11 is 3.76. The first-order chi connectivity index (χ1) is 7.26. The van der Waals surface area contributed by atoms with E-state index in [1.807, 2.05) is 18.8 Å². The Bertz CT molecular complexity index is 273. The molecule has 0 aliphatic rings. The van der Waals surface area contributed by atoms with Crippen LogP contribution in [0, 0.1) is 6.92 Å². The highest BCUT2D eigenvalue weighted by molar-refractivity contribution is 7.99. The average Bonchev–Trinajstić information content (AvgIpc) is 2.63. The zero-order valence-electron chi connectivity index (χ0n) is 9.75. The Labute approximate surface area is 101 Å². The largest absolute Gasteiger partial charge is 0.316 e. The van der Waals surface area contributed by atoms with Crippen molar-refractivity contribution in [1.82, 2.24) is 10.3 Å². The molecule has 4 heteroatoms. The molecule has 0 aliphatic heterocycles. The quantitative estimate of drug-likeness (QED) is 0.747. The molecule has 0 saturated carbocycles. The molecule has 0 saturated heterocycles. The molecule has 1 unspecified atom stereocenters. The molecular formula is C11H20N2S2. The number of thiazole rings is 1. The Morgan fingerprint density at radius 1 is 1.60 bits per heavy atom. The molecule has 0 radical (unpaired) electrons. The molecule has 86 valence electrons. The van der Waals surface area contributed by atoms with Crippen LogP contribution in [0.15, 0.2) is 5.38 Å². The van der Waals surface area contributed by atoms with Crippen LogP contribution in [0.5, 0.6) is 0 Å². The van der Waals surface area contributed by atoms with Crippen molar-refractivity contribution in [2.24, 2.45) is 0 Å². The maximum Gasteiger partial charge on any atom is 0.0897 e. The third-order valence-corrected chi connectivity index (χ3v) is 4.36. The van der Waals surface area contributed by atoms with Crippen LogP contribution < -0.4 is 5.32 Å². The Kier molecular flexibility index (Phi) is 6.29. The summed E-state index contributed by atoms with van der Waals surface area (Å²) in [4.78, 5) is 4.50. The number of hydrogen-bond acceptors (Lipinski definition) is 4. The van der Waals surface area contributed by atoms with E-state index in [-0.39, 0.29) is 0 Å². The molecule has 2 nitrogen and oxygen atoms in total. The van der Waals surface area contributed by atoms with E-state index in [4.69, 9.17) is 0 Å². The van der Waals surface area contributed by atoms with Crippen molar-refractivity contribution in [3.8, 4) is 0 Å². The molecule has 0 fully saturated rings. The van der Waals surface area contributed by atoms with Gasteiger partial charge in [0.1, 0.15) is 0 Å². The SMILES string of the molecule is CCCSCC(Cc1csc(C)n1)NC. The van der Waals surface area contributed by atoms with Gasteiger partial charge in [0.05, 0.1) is 10.7 Å². The van der Waals surface area contributed by atoms with Gasteiger partial charge in [-0.3, -0.25) is 0 Å². The van der Waals surface area contributed by atoms with Crippen molar-refractivity contribution in [1.29, 1.82) is 0 Å². The van der Waals surface area contributed by atoms with Crippen LogP contribution in [0.4, 0.5) is 0 Å². The normalized spacial score (nSPS) is 13.0. The molecule has 15 heavy (non-hydrogen) atoms.